The van der Waals surface area contributed by atoms with Crippen LogP contribution in [0.3, 0.4) is 0 Å². The van der Waals surface area contributed by atoms with Gasteiger partial charge in [-0.1, -0.05) is 12.1 Å². The molecule has 2 aromatic rings. The van der Waals surface area contributed by atoms with Crippen molar-refractivity contribution in [2.24, 2.45) is 0 Å². The number of aliphatic hydroxyl groups excluding tert-OH is 1. The van der Waals surface area contributed by atoms with E-state index in [2.05, 4.69) is 26.3 Å². The fraction of sp³-hybridized carbons (Fsp3) is 0.444. The first kappa shape index (κ1) is 15.2. The normalized spacial score (nSPS) is 22.6. The molecule has 1 saturated heterocycles. The molecule has 3 N–H and O–H groups in total. The summed E-state index contributed by atoms with van der Waals surface area (Å²) < 4.78 is 0. The van der Waals surface area contributed by atoms with Gasteiger partial charge in [0, 0.05) is 12.6 Å². The lowest BCUT2D eigenvalue weighted by Gasteiger charge is -2.24. The van der Waals surface area contributed by atoms with E-state index in [1.807, 2.05) is 12.1 Å². The summed E-state index contributed by atoms with van der Waals surface area (Å²) in [6, 6.07) is 7.94. The first-order valence-corrected chi connectivity index (χ1v) is 8.53. The Morgan fingerprint density at radius 1 is 1.25 bits per heavy atom. The molecule has 1 aromatic carbocycles. The third-order valence-corrected chi connectivity index (χ3v) is 5.10. The van der Waals surface area contributed by atoms with E-state index in [4.69, 9.17) is 0 Å². The van der Waals surface area contributed by atoms with Gasteiger partial charge >= 0.3 is 0 Å². The fourth-order valence-electron chi connectivity index (χ4n) is 3.87. The van der Waals surface area contributed by atoms with Gasteiger partial charge in [-0.2, -0.15) is 0 Å². The van der Waals surface area contributed by atoms with E-state index in [0.717, 1.165) is 55.0 Å². The Labute approximate surface area is 141 Å². The van der Waals surface area contributed by atoms with Gasteiger partial charge in [0.1, 0.15) is 23.7 Å². The number of nitrogens with zero attached hydrogens (tertiary/aromatic N) is 3. The zero-order valence-corrected chi connectivity index (χ0v) is 13.5. The molecule has 0 saturated carbocycles. The molecule has 2 heterocycles. The smallest absolute Gasteiger partial charge is 0.134 e. The molecular weight excluding hydrogens is 304 g/mol. The highest BCUT2D eigenvalue weighted by atomic mass is 16.3. The van der Waals surface area contributed by atoms with Crippen LogP contribution in [0.1, 0.15) is 36.4 Å². The molecule has 1 aliphatic heterocycles. The van der Waals surface area contributed by atoms with E-state index < -0.39 is 0 Å². The number of nitrogens with one attached hydrogen (secondary N) is 1. The molecule has 2 atom stereocenters. The minimum absolute atomic E-state index is 0.150. The second kappa shape index (κ2) is 6.28. The van der Waals surface area contributed by atoms with Crippen molar-refractivity contribution in [2.75, 3.05) is 23.4 Å². The Morgan fingerprint density at radius 2 is 2.17 bits per heavy atom. The number of fused-ring (bicyclic) bond motifs is 1. The van der Waals surface area contributed by atoms with Crippen LogP contribution in [-0.4, -0.2) is 39.4 Å². The summed E-state index contributed by atoms with van der Waals surface area (Å²) >= 11 is 0. The number of phenols is 1. The third kappa shape index (κ3) is 2.67. The third-order valence-electron chi connectivity index (χ3n) is 5.10. The van der Waals surface area contributed by atoms with Gasteiger partial charge in [0.15, 0.2) is 0 Å². The first-order chi connectivity index (χ1) is 11.8. The van der Waals surface area contributed by atoms with E-state index in [-0.39, 0.29) is 18.7 Å². The van der Waals surface area contributed by atoms with E-state index in [1.165, 1.54) is 0 Å². The van der Waals surface area contributed by atoms with Gasteiger partial charge in [0.2, 0.25) is 0 Å². The van der Waals surface area contributed by atoms with Crippen molar-refractivity contribution in [3.8, 4) is 5.75 Å². The monoisotopic (exact) mass is 326 g/mol. The van der Waals surface area contributed by atoms with Gasteiger partial charge in [0.25, 0.3) is 0 Å². The maximum absolute atomic E-state index is 9.98. The SMILES string of the molecule is OCC1CCCN1c1cc(NC2CCc3c(O)cccc32)ncn1. The molecule has 6 heteroatoms. The van der Waals surface area contributed by atoms with Crippen LogP contribution in [0.5, 0.6) is 5.75 Å². The van der Waals surface area contributed by atoms with Crippen LogP contribution in [0.4, 0.5) is 11.6 Å². The van der Waals surface area contributed by atoms with Gasteiger partial charge in [-0.05, 0) is 42.9 Å². The lowest BCUT2D eigenvalue weighted by molar-refractivity contribution is 0.266. The van der Waals surface area contributed by atoms with Crippen molar-refractivity contribution in [2.45, 2.75) is 37.8 Å². The van der Waals surface area contributed by atoms with Crippen molar-refractivity contribution in [1.29, 1.82) is 0 Å². The lowest BCUT2D eigenvalue weighted by atomic mass is 10.1. The number of aromatic hydroxyl groups is 1. The largest absolute Gasteiger partial charge is 0.508 e. The number of hydrogen-bond acceptors (Lipinski definition) is 6. The highest BCUT2D eigenvalue weighted by Crippen LogP contribution is 2.38. The Balaban J connectivity index is 1.55. The second-order valence-corrected chi connectivity index (χ2v) is 6.51. The summed E-state index contributed by atoms with van der Waals surface area (Å²) in [5, 5.41) is 23.0. The number of anilines is 2. The number of aliphatic hydroxyl groups is 1. The number of aromatic nitrogens is 2. The van der Waals surface area contributed by atoms with E-state index in [1.54, 1.807) is 12.4 Å². The predicted molar refractivity (Wildman–Crippen MR) is 92.3 cm³/mol. The number of benzene rings is 1. The van der Waals surface area contributed by atoms with Crippen LogP contribution in [0, 0.1) is 0 Å². The molecule has 24 heavy (non-hydrogen) atoms. The maximum atomic E-state index is 9.98. The minimum atomic E-state index is 0.150. The Morgan fingerprint density at radius 3 is 3.04 bits per heavy atom. The standard InChI is InChI=1S/C18H22N4O2/c23-10-12-3-2-8-22(12)18-9-17(19-11-20-18)21-15-7-6-14-13(15)4-1-5-16(14)24/h1,4-5,9,11-12,15,23-24H,2-3,6-8,10H2,(H,19,20,21). The van der Waals surface area contributed by atoms with Crippen molar-refractivity contribution >= 4 is 11.6 Å². The summed E-state index contributed by atoms with van der Waals surface area (Å²) in [6.07, 6.45) is 5.46. The van der Waals surface area contributed by atoms with E-state index in [9.17, 15) is 10.2 Å². The average Bonchev–Trinajstić information content (AvgIpc) is 3.23. The van der Waals surface area contributed by atoms with Gasteiger partial charge in [-0.25, -0.2) is 9.97 Å². The highest BCUT2D eigenvalue weighted by Gasteiger charge is 2.27. The molecule has 4 rings (SSSR count). The van der Waals surface area contributed by atoms with Crippen LogP contribution in [0.2, 0.25) is 0 Å². The molecule has 1 fully saturated rings. The van der Waals surface area contributed by atoms with Crippen molar-refractivity contribution in [3.05, 3.63) is 41.7 Å². The molecule has 6 nitrogen and oxygen atoms in total. The number of rotatable bonds is 4. The Kier molecular flexibility index (Phi) is 3.98. The Hall–Kier alpha value is -2.34. The highest BCUT2D eigenvalue weighted by molar-refractivity contribution is 5.53. The predicted octanol–water partition coefficient (Wildman–Crippen LogP) is 2.24. The van der Waals surface area contributed by atoms with Crippen LogP contribution in [0.15, 0.2) is 30.6 Å². The number of phenolic OH excluding ortho intramolecular Hbond substituents is 1. The molecule has 1 aromatic heterocycles. The number of hydrogen-bond donors (Lipinski definition) is 3. The molecule has 2 unspecified atom stereocenters. The van der Waals surface area contributed by atoms with E-state index in [0.29, 0.717) is 5.75 Å². The van der Waals surface area contributed by atoms with Crippen LogP contribution >= 0.6 is 0 Å². The topological polar surface area (TPSA) is 81.5 Å². The summed E-state index contributed by atoms with van der Waals surface area (Å²) in [7, 11) is 0. The summed E-state index contributed by atoms with van der Waals surface area (Å²) in [5.41, 5.74) is 2.17. The molecule has 0 spiro atoms. The zero-order chi connectivity index (χ0) is 16.5. The first-order valence-electron chi connectivity index (χ1n) is 8.53. The average molecular weight is 326 g/mol. The van der Waals surface area contributed by atoms with Crippen LogP contribution in [-0.2, 0) is 6.42 Å². The summed E-state index contributed by atoms with van der Waals surface area (Å²) in [5.74, 6) is 2.02. The van der Waals surface area contributed by atoms with Gasteiger partial charge < -0.3 is 20.4 Å². The summed E-state index contributed by atoms with van der Waals surface area (Å²) in [4.78, 5) is 10.9. The maximum Gasteiger partial charge on any atom is 0.134 e. The van der Waals surface area contributed by atoms with Crippen LogP contribution in [0.25, 0.3) is 0 Å². The van der Waals surface area contributed by atoms with Crippen molar-refractivity contribution in [1.82, 2.24) is 9.97 Å². The van der Waals surface area contributed by atoms with E-state index >= 15 is 0 Å². The summed E-state index contributed by atoms with van der Waals surface area (Å²) in [6.45, 7) is 1.07. The molecular formula is C18H22N4O2. The van der Waals surface area contributed by atoms with Gasteiger partial charge in [-0.3, -0.25) is 0 Å². The molecule has 1 aliphatic carbocycles. The van der Waals surface area contributed by atoms with Crippen molar-refractivity contribution < 1.29 is 10.2 Å². The molecule has 0 bridgehead atoms. The zero-order valence-electron chi connectivity index (χ0n) is 13.5. The molecule has 126 valence electrons. The molecule has 0 amide bonds. The minimum Gasteiger partial charge on any atom is -0.508 e. The fourth-order valence-corrected chi connectivity index (χ4v) is 3.87. The molecule has 0 radical (unpaired) electrons. The quantitative estimate of drug-likeness (QED) is 0.799. The van der Waals surface area contributed by atoms with Gasteiger partial charge in [-0.15, -0.1) is 0 Å². The second-order valence-electron chi connectivity index (χ2n) is 6.51. The van der Waals surface area contributed by atoms with Crippen LogP contribution < -0.4 is 10.2 Å². The Bertz CT molecular complexity index is 737. The lowest BCUT2D eigenvalue weighted by Crippen LogP contribution is -2.32. The molecule has 2 aliphatic rings. The van der Waals surface area contributed by atoms with Crippen molar-refractivity contribution in [3.63, 3.8) is 0 Å². The van der Waals surface area contributed by atoms with Gasteiger partial charge in [0.05, 0.1) is 18.7 Å².